The van der Waals surface area contributed by atoms with E-state index in [1.165, 1.54) is 9.58 Å². The first-order chi connectivity index (χ1) is 12.6. The third kappa shape index (κ3) is 2.63. The minimum atomic E-state index is -0.326. The van der Waals surface area contributed by atoms with Crippen LogP contribution in [0.2, 0.25) is 5.02 Å². The molecule has 0 fully saturated rings. The van der Waals surface area contributed by atoms with Crippen molar-refractivity contribution in [2.75, 3.05) is 11.7 Å². The summed E-state index contributed by atoms with van der Waals surface area (Å²) in [5.74, 6) is 5.90. The molecule has 9 heteroatoms. The SMILES string of the molecule is Nn1c(SCN2C(=O)c3ccccc3C2=O)nnc1-c1ccccc1Cl. The maximum Gasteiger partial charge on any atom is 0.262 e. The first kappa shape index (κ1) is 16.6. The molecule has 130 valence electrons. The number of halogens is 1. The molecule has 1 aliphatic rings. The van der Waals surface area contributed by atoms with Gasteiger partial charge in [0.05, 0.1) is 22.0 Å². The lowest BCUT2D eigenvalue weighted by atomic mass is 10.1. The number of rotatable bonds is 4. The van der Waals surface area contributed by atoms with Crippen LogP contribution in [0, 0.1) is 0 Å². The van der Waals surface area contributed by atoms with Gasteiger partial charge in [-0.15, -0.1) is 10.2 Å². The number of hydrogen-bond donors (Lipinski definition) is 1. The van der Waals surface area contributed by atoms with Gasteiger partial charge in [-0.25, -0.2) is 4.68 Å². The molecule has 0 spiro atoms. The van der Waals surface area contributed by atoms with Crippen LogP contribution >= 0.6 is 23.4 Å². The number of carbonyl (C=O) groups excluding carboxylic acids is 2. The maximum absolute atomic E-state index is 12.4. The fourth-order valence-electron chi connectivity index (χ4n) is 2.68. The van der Waals surface area contributed by atoms with Gasteiger partial charge >= 0.3 is 0 Å². The van der Waals surface area contributed by atoms with Gasteiger partial charge in [-0.3, -0.25) is 14.5 Å². The van der Waals surface area contributed by atoms with Gasteiger partial charge in [-0.2, -0.15) is 0 Å². The Morgan fingerprint density at radius 3 is 2.12 bits per heavy atom. The van der Waals surface area contributed by atoms with E-state index >= 15 is 0 Å². The Kier molecular flexibility index (Phi) is 4.14. The predicted octanol–water partition coefficient (Wildman–Crippen LogP) is 2.66. The van der Waals surface area contributed by atoms with Crippen molar-refractivity contribution in [1.82, 2.24) is 19.8 Å². The van der Waals surface area contributed by atoms with Crippen LogP contribution in [0.1, 0.15) is 20.7 Å². The lowest BCUT2D eigenvalue weighted by Gasteiger charge is -2.12. The number of benzene rings is 2. The standard InChI is InChI=1S/C17H12ClN5O2S/c18-13-8-4-3-7-12(13)14-20-21-17(23(14)19)26-9-22-15(24)10-5-1-2-6-11(10)16(22)25/h1-8H,9,19H2. The predicted molar refractivity (Wildman–Crippen MR) is 98.3 cm³/mol. The Hall–Kier alpha value is -2.84. The van der Waals surface area contributed by atoms with Gasteiger partial charge < -0.3 is 5.84 Å². The molecule has 0 unspecified atom stereocenters. The van der Waals surface area contributed by atoms with Gasteiger partial charge in [0.1, 0.15) is 0 Å². The Bertz CT molecular complexity index is 1000. The minimum absolute atomic E-state index is 0.0875. The number of nitrogens with zero attached hydrogens (tertiary/aromatic N) is 4. The lowest BCUT2D eigenvalue weighted by Crippen LogP contribution is -2.29. The van der Waals surface area contributed by atoms with Crippen molar-refractivity contribution in [3.8, 4) is 11.4 Å². The van der Waals surface area contributed by atoms with Crippen molar-refractivity contribution in [1.29, 1.82) is 0 Å². The molecule has 0 saturated heterocycles. The largest absolute Gasteiger partial charge is 0.335 e. The highest BCUT2D eigenvalue weighted by Crippen LogP contribution is 2.29. The van der Waals surface area contributed by atoms with E-state index in [1.807, 2.05) is 6.07 Å². The van der Waals surface area contributed by atoms with Crippen molar-refractivity contribution < 1.29 is 9.59 Å². The molecule has 0 atom stereocenters. The molecule has 2 amide bonds. The zero-order valence-electron chi connectivity index (χ0n) is 13.3. The normalized spacial score (nSPS) is 13.3. The molecule has 7 nitrogen and oxygen atoms in total. The number of hydrogen-bond acceptors (Lipinski definition) is 6. The van der Waals surface area contributed by atoms with Crippen LogP contribution < -0.4 is 5.84 Å². The Morgan fingerprint density at radius 1 is 0.923 bits per heavy atom. The van der Waals surface area contributed by atoms with E-state index in [1.54, 1.807) is 42.5 Å². The fraction of sp³-hybridized carbons (Fsp3) is 0.0588. The second-order valence-corrected chi connectivity index (χ2v) is 6.83. The van der Waals surface area contributed by atoms with Crippen LogP contribution in [-0.4, -0.2) is 37.5 Å². The molecule has 4 rings (SSSR count). The zero-order valence-corrected chi connectivity index (χ0v) is 14.9. The van der Waals surface area contributed by atoms with E-state index in [0.717, 1.165) is 11.8 Å². The third-order valence-corrected chi connectivity index (χ3v) is 5.23. The number of aromatic nitrogens is 3. The second kappa shape index (κ2) is 6.47. The third-order valence-electron chi connectivity index (χ3n) is 3.98. The van der Waals surface area contributed by atoms with Crippen molar-refractivity contribution in [2.45, 2.75) is 5.16 Å². The van der Waals surface area contributed by atoms with Crippen molar-refractivity contribution >= 4 is 35.2 Å². The first-order valence-corrected chi connectivity index (χ1v) is 8.97. The van der Waals surface area contributed by atoms with E-state index in [4.69, 9.17) is 17.4 Å². The molecule has 26 heavy (non-hydrogen) atoms. The summed E-state index contributed by atoms with van der Waals surface area (Å²) in [6.07, 6.45) is 0. The summed E-state index contributed by atoms with van der Waals surface area (Å²) in [4.78, 5) is 25.9. The van der Waals surface area contributed by atoms with Crippen LogP contribution in [0.25, 0.3) is 11.4 Å². The number of nitrogens with two attached hydrogens (primary N) is 1. The van der Waals surface area contributed by atoms with Crippen LogP contribution in [-0.2, 0) is 0 Å². The zero-order chi connectivity index (χ0) is 18.3. The number of fused-ring (bicyclic) bond motifs is 1. The molecule has 1 aromatic heterocycles. The smallest absolute Gasteiger partial charge is 0.262 e. The Labute approximate surface area is 157 Å². The highest BCUT2D eigenvalue weighted by molar-refractivity contribution is 7.99. The summed E-state index contributed by atoms with van der Waals surface area (Å²) in [5.41, 5.74) is 1.46. The van der Waals surface area contributed by atoms with Gasteiger partial charge in [-0.1, -0.05) is 47.6 Å². The number of imide groups is 1. The van der Waals surface area contributed by atoms with Gasteiger partial charge in [0, 0.05) is 5.56 Å². The molecular formula is C17H12ClN5O2S. The maximum atomic E-state index is 12.4. The molecule has 0 aliphatic carbocycles. The van der Waals surface area contributed by atoms with Gasteiger partial charge in [-0.05, 0) is 24.3 Å². The van der Waals surface area contributed by atoms with E-state index in [0.29, 0.717) is 32.7 Å². The van der Waals surface area contributed by atoms with Crippen molar-refractivity contribution in [3.05, 3.63) is 64.7 Å². The average molecular weight is 386 g/mol. The van der Waals surface area contributed by atoms with E-state index in [2.05, 4.69) is 10.2 Å². The van der Waals surface area contributed by atoms with Gasteiger partial charge in [0.25, 0.3) is 11.8 Å². The molecule has 1 aliphatic heterocycles. The molecule has 0 saturated carbocycles. The molecule has 0 radical (unpaired) electrons. The first-order valence-electron chi connectivity index (χ1n) is 7.61. The quantitative estimate of drug-likeness (QED) is 0.421. The Balaban J connectivity index is 1.54. The highest BCUT2D eigenvalue weighted by Gasteiger charge is 2.35. The molecular weight excluding hydrogens is 374 g/mol. The van der Waals surface area contributed by atoms with Crippen LogP contribution in [0.4, 0.5) is 0 Å². The molecule has 2 heterocycles. The minimum Gasteiger partial charge on any atom is -0.335 e. The Morgan fingerprint density at radius 2 is 1.50 bits per heavy atom. The molecule has 0 bridgehead atoms. The summed E-state index contributed by atoms with van der Waals surface area (Å²) < 4.78 is 1.30. The lowest BCUT2D eigenvalue weighted by molar-refractivity contribution is 0.0684. The van der Waals surface area contributed by atoms with E-state index in [9.17, 15) is 9.59 Å². The van der Waals surface area contributed by atoms with Crippen LogP contribution in [0.5, 0.6) is 0 Å². The number of thioether (sulfide) groups is 1. The average Bonchev–Trinajstić information content (AvgIpc) is 3.13. The second-order valence-electron chi connectivity index (χ2n) is 5.51. The summed E-state index contributed by atoms with van der Waals surface area (Å²) in [7, 11) is 0. The molecule has 2 N–H and O–H groups in total. The molecule has 3 aromatic rings. The van der Waals surface area contributed by atoms with Crippen LogP contribution in [0.15, 0.2) is 53.7 Å². The van der Waals surface area contributed by atoms with E-state index in [-0.39, 0.29) is 17.7 Å². The number of nitrogen functional groups attached to an aromatic ring is 1. The van der Waals surface area contributed by atoms with E-state index < -0.39 is 0 Å². The monoisotopic (exact) mass is 385 g/mol. The van der Waals surface area contributed by atoms with Gasteiger partial charge in [0.2, 0.25) is 5.16 Å². The molecule has 2 aromatic carbocycles. The van der Waals surface area contributed by atoms with Gasteiger partial charge in [0.15, 0.2) is 5.82 Å². The summed E-state index contributed by atoms with van der Waals surface area (Å²) >= 11 is 7.32. The van der Waals surface area contributed by atoms with Crippen molar-refractivity contribution in [3.63, 3.8) is 0 Å². The van der Waals surface area contributed by atoms with Crippen LogP contribution in [0.3, 0.4) is 0 Å². The topological polar surface area (TPSA) is 94.1 Å². The summed E-state index contributed by atoms with van der Waals surface area (Å²) in [6.45, 7) is 0. The number of amides is 2. The fourth-order valence-corrected chi connectivity index (χ4v) is 3.70. The number of carbonyl (C=O) groups is 2. The summed E-state index contributed by atoms with van der Waals surface area (Å²) in [6, 6.07) is 13.9. The summed E-state index contributed by atoms with van der Waals surface area (Å²) in [5, 5.41) is 8.98. The highest BCUT2D eigenvalue weighted by atomic mass is 35.5. The van der Waals surface area contributed by atoms with Crippen molar-refractivity contribution in [2.24, 2.45) is 0 Å².